The smallest absolute Gasteiger partial charge is 0.339 e. The van der Waals surface area contributed by atoms with Crippen LogP contribution in [0.5, 0.6) is 0 Å². The molecular weight excluding hydrogens is 1070 g/mol. The Balaban J connectivity index is 1.35. The van der Waals surface area contributed by atoms with E-state index in [-0.39, 0.29) is 11.1 Å². The van der Waals surface area contributed by atoms with Crippen LogP contribution in [0.15, 0.2) is 84.9 Å². The molecule has 3 fully saturated rings. The summed E-state index contributed by atoms with van der Waals surface area (Å²) in [5.74, 6) is -7.78. The SMILES string of the molecule is CO[C@H]1O[C@@H]2CO[C@H]3O[C@H](COC(=O)c4ccccc4C(=O)O[C@@H]1[C@@H](O[C@H]1O[C@H](CO[Si](c4ccccc4)(c4ccccc4)C(C)(C)C)[C@@H](OC(C)=O)[C@H](OC(C)=O)[C@@H]1OC(C)=O)[C@@H]2O)[C@@H](OC(C)=O)[C@H](OC(C)=O)[C@@H]3OC(C)=O. The molecule has 0 saturated carbocycles. The molecule has 1 N–H and O–H groups in total. The zero-order chi connectivity index (χ0) is 58.2. The van der Waals surface area contributed by atoms with Gasteiger partial charge in [-0.15, -0.1) is 0 Å². The van der Waals surface area contributed by atoms with Crippen LogP contribution >= 0.6 is 0 Å². The fraction of sp³-hybridized carbons (Fsp3) is 0.527. The first-order valence-corrected chi connectivity index (χ1v) is 27.5. The topological polar surface area (TPSA) is 295 Å². The van der Waals surface area contributed by atoms with Crippen LogP contribution in [0.25, 0.3) is 0 Å². The molecule has 8 rings (SSSR count). The Morgan fingerprint density at radius 3 is 1.55 bits per heavy atom. The van der Waals surface area contributed by atoms with Crippen molar-refractivity contribution in [1.29, 1.82) is 0 Å². The average Bonchev–Trinajstić information content (AvgIpc) is 3.41. The molecule has 0 radical (unpaired) electrons. The summed E-state index contributed by atoms with van der Waals surface area (Å²) in [5, 5.41) is 13.7. The Morgan fingerprint density at radius 1 is 0.550 bits per heavy atom. The molecule has 0 aliphatic carbocycles. The molecular formula is C55H66O24Si. The van der Waals surface area contributed by atoms with E-state index in [1.165, 1.54) is 31.4 Å². The number of esters is 8. The van der Waals surface area contributed by atoms with E-state index in [1.807, 2.05) is 81.4 Å². The first-order chi connectivity index (χ1) is 37.9. The Hall–Kier alpha value is -6.68. The molecule has 5 heterocycles. The van der Waals surface area contributed by atoms with E-state index in [0.29, 0.717) is 0 Å². The minimum Gasteiger partial charge on any atom is -0.459 e. The molecule has 0 spiro atoms. The standard InChI is InChI=1S/C55H66O24Si/c1-28(56)69-42-39-26-66-50(63)36-23-17-18-24-37(36)51(64)78-47-44(41(62)38(75-52(47)65-10)25-67-53(76-39)48(73-32(5)60)45(42)71-30(3)58)79-54-49(74-33(6)61)46(72-31(4)59)43(70-29(2)57)40(77-54)27-68-80(55(7,8)9,34-19-13-11-14-20-34)35-21-15-12-16-22-35/h11-24,38-49,52-54,62H,25-27H2,1-10H3/t38-,39-,40-,41-,42-,43-,44+,45+,46+,47-,48+,49+,52+,53+,54-/m1/s1. The fourth-order valence-electron chi connectivity index (χ4n) is 10.3. The molecule has 24 nitrogen and oxygen atoms in total. The third kappa shape index (κ3) is 13.9. The van der Waals surface area contributed by atoms with E-state index in [1.54, 1.807) is 0 Å². The summed E-state index contributed by atoms with van der Waals surface area (Å²) in [6.07, 6.45) is -25.7. The predicted octanol–water partition coefficient (Wildman–Crippen LogP) is 2.13. The quantitative estimate of drug-likeness (QED) is 0.137. The van der Waals surface area contributed by atoms with E-state index < -0.39 is 173 Å². The molecule has 4 bridgehead atoms. The Morgan fingerprint density at radius 2 is 1.02 bits per heavy atom. The van der Waals surface area contributed by atoms with Gasteiger partial charge < -0.3 is 75.8 Å². The van der Waals surface area contributed by atoms with Crippen LogP contribution in [0.2, 0.25) is 5.04 Å². The van der Waals surface area contributed by atoms with Crippen LogP contribution in [0.1, 0.15) is 83.0 Å². The van der Waals surface area contributed by atoms with Gasteiger partial charge in [0.15, 0.2) is 61.6 Å². The number of methoxy groups -OCH3 is 1. The van der Waals surface area contributed by atoms with Crippen molar-refractivity contribution in [3.05, 3.63) is 96.1 Å². The number of hydrogen-bond donors (Lipinski definition) is 1. The summed E-state index contributed by atoms with van der Waals surface area (Å²) in [4.78, 5) is 106. The van der Waals surface area contributed by atoms with E-state index in [9.17, 15) is 43.5 Å². The van der Waals surface area contributed by atoms with Crippen molar-refractivity contribution in [2.45, 2.75) is 159 Å². The molecule has 5 aliphatic rings. The van der Waals surface area contributed by atoms with Crippen molar-refractivity contribution >= 4 is 66.4 Å². The van der Waals surface area contributed by atoms with Crippen LogP contribution in [-0.4, -0.2) is 180 Å². The van der Waals surface area contributed by atoms with Gasteiger partial charge in [-0.3, -0.25) is 28.8 Å². The van der Waals surface area contributed by atoms with E-state index in [2.05, 4.69) is 0 Å². The average molecular weight is 1140 g/mol. The number of carbonyl (C=O) groups excluding carboxylic acids is 8. The zero-order valence-corrected chi connectivity index (χ0v) is 46.7. The zero-order valence-electron chi connectivity index (χ0n) is 45.7. The van der Waals surface area contributed by atoms with Crippen LogP contribution in [0.3, 0.4) is 0 Å². The first-order valence-electron chi connectivity index (χ1n) is 25.6. The molecule has 80 heavy (non-hydrogen) atoms. The van der Waals surface area contributed by atoms with Gasteiger partial charge in [0.25, 0.3) is 8.32 Å². The maximum absolute atomic E-state index is 14.5. The van der Waals surface area contributed by atoms with Gasteiger partial charge in [-0.25, -0.2) is 9.59 Å². The highest BCUT2D eigenvalue weighted by atomic mass is 28.4. The fourth-order valence-corrected chi connectivity index (χ4v) is 14.9. The van der Waals surface area contributed by atoms with Crippen LogP contribution in [-0.2, 0) is 99.5 Å². The number of hydrogen-bond acceptors (Lipinski definition) is 24. The van der Waals surface area contributed by atoms with Crippen molar-refractivity contribution in [3.8, 4) is 0 Å². The molecule has 0 aromatic heterocycles. The van der Waals surface area contributed by atoms with Crippen molar-refractivity contribution in [2.24, 2.45) is 0 Å². The molecule has 0 unspecified atom stereocenters. The number of benzene rings is 3. The number of aliphatic hydroxyl groups is 1. The molecule has 3 aromatic rings. The molecule has 434 valence electrons. The molecule has 0 amide bonds. The largest absolute Gasteiger partial charge is 0.459 e. The molecule has 5 aliphatic heterocycles. The van der Waals surface area contributed by atoms with Crippen LogP contribution < -0.4 is 10.4 Å². The lowest BCUT2D eigenvalue weighted by atomic mass is 9.95. The normalized spacial score (nSPS) is 30.0. The Labute approximate surface area is 461 Å². The van der Waals surface area contributed by atoms with Crippen molar-refractivity contribution < 1.29 is 114 Å². The maximum atomic E-state index is 14.5. The molecule has 3 saturated heterocycles. The van der Waals surface area contributed by atoms with E-state index in [4.69, 9.17) is 70.7 Å². The van der Waals surface area contributed by atoms with Gasteiger partial charge in [-0.05, 0) is 27.5 Å². The van der Waals surface area contributed by atoms with Crippen molar-refractivity contribution in [2.75, 3.05) is 26.9 Å². The molecule has 15 atom stereocenters. The van der Waals surface area contributed by atoms with E-state index in [0.717, 1.165) is 51.9 Å². The first kappa shape index (κ1) is 60.9. The predicted molar refractivity (Wildman–Crippen MR) is 273 cm³/mol. The minimum absolute atomic E-state index is 0.358. The number of carbonyl (C=O) groups is 8. The monoisotopic (exact) mass is 1140 g/mol. The lowest BCUT2D eigenvalue weighted by Gasteiger charge is -2.49. The molecule has 3 aromatic carbocycles. The lowest BCUT2D eigenvalue weighted by molar-refractivity contribution is -0.363. The van der Waals surface area contributed by atoms with Gasteiger partial charge in [0.2, 0.25) is 0 Å². The molecule has 25 heteroatoms. The Bertz CT molecular complexity index is 2660. The number of rotatable bonds is 14. The second-order valence-electron chi connectivity index (χ2n) is 20.2. The number of fused-ring (bicyclic) bond motifs is 6. The third-order valence-corrected chi connectivity index (χ3v) is 18.4. The number of aliphatic hydroxyl groups excluding tert-OH is 1. The second-order valence-corrected chi connectivity index (χ2v) is 24.5. The van der Waals surface area contributed by atoms with E-state index >= 15 is 0 Å². The van der Waals surface area contributed by atoms with Gasteiger partial charge in [0.05, 0.1) is 24.3 Å². The van der Waals surface area contributed by atoms with Gasteiger partial charge in [-0.2, -0.15) is 0 Å². The highest BCUT2D eigenvalue weighted by Crippen LogP contribution is 2.40. The van der Waals surface area contributed by atoms with Gasteiger partial charge in [-0.1, -0.05) is 93.6 Å². The van der Waals surface area contributed by atoms with Gasteiger partial charge in [0.1, 0.15) is 37.1 Å². The van der Waals surface area contributed by atoms with Crippen molar-refractivity contribution in [3.63, 3.8) is 0 Å². The number of ether oxygens (including phenoxy) is 14. The lowest BCUT2D eigenvalue weighted by Crippen LogP contribution is -2.69. The van der Waals surface area contributed by atoms with Gasteiger partial charge >= 0.3 is 47.8 Å². The summed E-state index contributed by atoms with van der Waals surface area (Å²) in [6, 6.07) is 24.3. The summed E-state index contributed by atoms with van der Waals surface area (Å²) < 4.78 is 91.0. The summed E-state index contributed by atoms with van der Waals surface area (Å²) in [6.45, 7) is 10.6. The van der Waals surface area contributed by atoms with Gasteiger partial charge in [0, 0.05) is 48.7 Å². The Kier molecular flexibility index (Phi) is 20.0. The van der Waals surface area contributed by atoms with Crippen LogP contribution in [0, 0.1) is 0 Å². The summed E-state index contributed by atoms with van der Waals surface area (Å²) >= 11 is 0. The van der Waals surface area contributed by atoms with Crippen molar-refractivity contribution in [1.82, 2.24) is 0 Å². The minimum atomic E-state index is -3.45. The third-order valence-electron chi connectivity index (χ3n) is 13.4. The highest BCUT2D eigenvalue weighted by Gasteiger charge is 2.59. The highest BCUT2D eigenvalue weighted by molar-refractivity contribution is 6.99. The van der Waals surface area contributed by atoms with Crippen LogP contribution in [0.4, 0.5) is 0 Å². The second kappa shape index (κ2) is 26.3. The summed E-state index contributed by atoms with van der Waals surface area (Å²) in [5.41, 5.74) is -0.737. The maximum Gasteiger partial charge on any atom is 0.339 e. The summed E-state index contributed by atoms with van der Waals surface area (Å²) in [7, 11) is -2.28.